The van der Waals surface area contributed by atoms with Crippen molar-refractivity contribution < 1.29 is 9.53 Å². The number of aromatic nitrogens is 2. The van der Waals surface area contributed by atoms with Crippen LogP contribution in [0, 0.1) is 0 Å². The zero-order valence-electron chi connectivity index (χ0n) is 11.2. The quantitative estimate of drug-likeness (QED) is 0.548. The maximum Gasteiger partial charge on any atom is 0.327 e. The standard InChI is InChI=1S/C12H17BrN4O3/c1-20-10(18)7-17-12(19)11(13)9(6-16-17)15-5-4-14-8-2-3-8/h6,8,14-15H,2-5,7H2,1H3. The highest BCUT2D eigenvalue weighted by atomic mass is 79.9. The lowest BCUT2D eigenvalue weighted by Crippen LogP contribution is -2.29. The van der Waals surface area contributed by atoms with Crippen LogP contribution in [0.2, 0.25) is 0 Å². The van der Waals surface area contributed by atoms with Crippen LogP contribution in [0.25, 0.3) is 0 Å². The number of esters is 1. The van der Waals surface area contributed by atoms with Crippen LogP contribution in [0.15, 0.2) is 15.5 Å². The molecule has 0 atom stereocenters. The summed E-state index contributed by atoms with van der Waals surface area (Å²) in [6, 6.07) is 0.659. The summed E-state index contributed by atoms with van der Waals surface area (Å²) < 4.78 is 5.93. The number of nitrogens with zero attached hydrogens (tertiary/aromatic N) is 2. The molecule has 0 saturated heterocycles. The van der Waals surface area contributed by atoms with Crippen LogP contribution in [0.4, 0.5) is 5.69 Å². The highest BCUT2D eigenvalue weighted by Gasteiger charge is 2.19. The van der Waals surface area contributed by atoms with Crippen molar-refractivity contribution in [1.29, 1.82) is 0 Å². The second-order valence-corrected chi connectivity index (χ2v) is 5.36. The molecule has 0 aromatic carbocycles. The van der Waals surface area contributed by atoms with Crippen LogP contribution in [0.1, 0.15) is 12.8 Å². The van der Waals surface area contributed by atoms with Gasteiger partial charge in [0.15, 0.2) is 0 Å². The fourth-order valence-corrected chi connectivity index (χ4v) is 2.10. The number of hydrogen-bond acceptors (Lipinski definition) is 6. The number of ether oxygens (including phenoxy) is 1. The summed E-state index contributed by atoms with van der Waals surface area (Å²) in [4.78, 5) is 23.1. The van der Waals surface area contributed by atoms with Crippen LogP contribution in [-0.4, -0.2) is 42.0 Å². The van der Waals surface area contributed by atoms with E-state index in [1.807, 2.05) is 0 Å². The Morgan fingerprint density at radius 1 is 1.55 bits per heavy atom. The van der Waals surface area contributed by atoms with Crippen molar-refractivity contribution in [1.82, 2.24) is 15.1 Å². The van der Waals surface area contributed by atoms with E-state index in [0.717, 1.165) is 11.2 Å². The normalized spacial score (nSPS) is 14.1. The van der Waals surface area contributed by atoms with Gasteiger partial charge in [0.2, 0.25) is 0 Å². The molecule has 1 heterocycles. The Kier molecular flexibility index (Phi) is 5.13. The van der Waals surface area contributed by atoms with Crippen molar-refractivity contribution in [2.45, 2.75) is 25.4 Å². The number of carbonyl (C=O) groups is 1. The maximum atomic E-state index is 12.0. The Labute approximate surface area is 124 Å². The predicted molar refractivity (Wildman–Crippen MR) is 77.7 cm³/mol. The SMILES string of the molecule is COC(=O)Cn1ncc(NCCNC2CC2)c(Br)c1=O. The van der Waals surface area contributed by atoms with Crippen LogP contribution < -0.4 is 16.2 Å². The first-order valence-electron chi connectivity index (χ1n) is 6.41. The predicted octanol–water partition coefficient (Wildman–Crippen LogP) is 0.343. The van der Waals surface area contributed by atoms with Gasteiger partial charge in [-0.15, -0.1) is 0 Å². The first-order valence-corrected chi connectivity index (χ1v) is 7.21. The third-order valence-corrected chi connectivity index (χ3v) is 3.71. The molecule has 1 aliphatic carbocycles. The number of nitrogens with one attached hydrogen (secondary N) is 2. The third kappa shape index (κ3) is 4.04. The van der Waals surface area contributed by atoms with Crippen LogP contribution in [0.5, 0.6) is 0 Å². The summed E-state index contributed by atoms with van der Waals surface area (Å²) in [7, 11) is 1.27. The van der Waals surface area contributed by atoms with E-state index in [-0.39, 0.29) is 12.1 Å². The summed E-state index contributed by atoms with van der Waals surface area (Å²) in [6.07, 6.45) is 4.01. The average molecular weight is 345 g/mol. The molecule has 0 bridgehead atoms. The molecule has 0 spiro atoms. The Hall–Kier alpha value is -1.41. The molecule has 1 aliphatic rings. The number of halogens is 1. The van der Waals surface area contributed by atoms with E-state index in [4.69, 9.17) is 0 Å². The fourth-order valence-electron chi connectivity index (χ4n) is 1.65. The van der Waals surface area contributed by atoms with Crippen molar-refractivity contribution >= 4 is 27.6 Å². The number of anilines is 1. The highest BCUT2D eigenvalue weighted by Crippen LogP contribution is 2.18. The van der Waals surface area contributed by atoms with E-state index in [1.54, 1.807) is 0 Å². The van der Waals surface area contributed by atoms with Gasteiger partial charge in [-0.05, 0) is 28.8 Å². The largest absolute Gasteiger partial charge is 0.468 e. The number of rotatable bonds is 7. The average Bonchev–Trinajstić information content (AvgIpc) is 3.26. The van der Waals surface area contributed by atoms with Gasteiger partial charge in [-0.3, -0.25) is 9.59 Å². The van der Waals surface area contributed by atoms with Gasteiger partial charge in [0, 0.05) is 19.1 Å². The second kappa shape index (κ2) is 6.85. The van der Waals surface area contributed by atoms with Crippen molar-refractivity contribution in [2.75, 3.05) is 25.5 Å². The lowest BCUT2D eigenvalue weighted by Gasteiger charge is -2.10. The van der Waals surface area contributed by atoms with E-state index in [9.17, 15) is 9.59 Å². The van der Waals surface area contributed by atoms with Gasteiger partial charge in [0.1, 0.15) is 11.0 Å². The minimum absolute atomic E-state index is 0.197. The maximum absolute atomic E-state index is 12.0. The lowest BCUT2D eigenvalue weighted by molar-refractivity contribution is -0.141. The van der Waals surface area contributed by atoms with E-state index >= 15 is 0 Å². The molecular formula is C12H17BrN4O3. The summed E-state index contributed by atoms with van der Waals surface area (Å²) in [5.74, 6) is -0.513. The van der Waals surface area contributed by atoms with Crippen molar-refractivity contribution in [3.05, 3.63) is 21.0 Å². The Morgan fingerprint density at radius 3 is 2.95 bits per heavy atom. The highest BCUT2D eigenvalue weighted by molar-refractivity contribution is 9.10. The smallest absolute Gasteiger partial charge is 0.327 e. The molecule has 20 heavy (non-hydrogen) atoms. The van der Waals surface area contributed by atoms with Gasteiger partial charge >= 0.3 is 5.97 Å². The number of carbonyl (C=O) groups excluding carboxylic acids is 1. The van der Waals surface area contributed by atoms with Gasteiger partial charge in [0.25, 0.3) is 5.56 Å². The van der Waals surface area contributed by atoms with Crippen molar-refractivity contribution in [2.24, 2.45) is 0 Å². The van der Waals surface area contributed by atoms with E-state index in [2.05, 4.69) is 36.4 Å². The summed E-state index contributed by atoms with van der Waals surface area (Å²) in [5.41, 5.74) is 0.254. The van der Waals surface area contributed by atoms with E-state index < -0.39 is 5.97 Å². The molecule has 8 heteroatoms. The molecule has 2 N–H and O–H groups in total. The molecular weight excluding hydrogens is 328 g/mol. The molecule has 1 aromatic rings. The second-order valence-electron chi connectivity index (χ2n) is 4.57. The zero-order chi connectivity index (χ0) is 14.5. The molecule has 1 saturated carbocycles. The molecule has 1 aromatic heterocycles. The van der Waals surface area contributed by atoms with Gasteiger partial charge in [0.05, 0.1) is 19.0 Å². The number of methoxy groups -OCH3 is 1. The van der Waals surface area contributed by atoms with Gasteiger partial charge in [-0.25, -0.2) is 4.68 Å². The van der Waals surface area contributed by atoms with Crippen LogP contribution in [-0.2, 0) is 16.1 Å². The molecule has 7 nitrogen and oxygen atoms in total. The van der Waals surface area contributed by atoms with Gasteiger partial charge < -0.3 is 15.4 Å². The molecule has 0 radical (unpaired) electrons. The Balaban J connectivity index is 1.94. The van der Waals surface area contributed by atoms with Gasteiger partial charge in [-0.1, -0.05) is 0 Å². The minimum Gasteiger partial charge on any atom is -0.468 e. The molecule has 2 rings (SSSR count). The third-order valence-electron chi connectivity index (χ3n) is 2.94. The lowest BCUT2D eigenvalue weighted by atomic mass is 10.4. The van der Waals surface area contributed by atoms with E-state index in [1.165, 1.54) is 26.1 Å². The molecule has 0 unspecified atom stereocenters. The Morgan fingerprint density at radius 2 is 2.30 bits per heavy atom. The summed E-state index contributed by atoms with van der Waals surface area (Å²) >= 11 is 3.23. The van der Waals surface area contributed by atoms with Crippen LogP contribution >= 0.6 is 15.9 Å². The topological polar surface area (TPSA) is 85.2 Å². The first kappa shape index (κ1) is 15.0. The Bertz CT molecular complexity index is 542. The minimum atomic E-state index is -0.513. The number of hydrogen-bond donors (Lipinski definition) is 2. The molecule has 110 valence electrons. The molecule has 0 aliphatic heterocycles. The first-order chi connectivity index (χ1) is 9.61. The van der Waals surface area contributed by atoms with Crippen LogP contribution in [0.3, 0.4) is 0 Å². The van der Waals surface area contributed by atoms with Crippen molar-refractivity contribution in [3.8, 4) is 0 Å². The van der Waals surface area contributed by atoms with E-state index in [0.29, 0.717) is 22.7 Å². The monoisotopic (exact) mass is 344 g/mol. The zero-order valence-corrected chi connectivity index (χ0v) is 12.8. The molecule has 0 amide bonds. The summed E-state index contributed by atoms with van der Waals surface area (Å²) in [6.45, 7) is 1.34. The van der Waals surface area contributed by atoms with Crippen molar-refractivity contribution in [3.63, 3.8) is 0 Å². The van der Waals surface area contributed by atoms with Gasteiger partial charge in [-0.2, -0.15) is 5.10 Å². The summed E-state index contributed by atoms with van der Waals surface area (Å²) in [5, 5.41) is 10.4. The fraction of sp³-hybridized carbons (Fsp3) is 0.583. The molecule has 1 fully saturated rings.